The summed E-state index contributed by atoms with van der Waals surface area (Å²) in [5, 5.41) is 2.47. The molecule has 0 saturated carbocycles. The molecule has 2 saturated heterocycles. The summed E-state index contributed by atoms with van der Waals surface area (Å²) in [6, 6.07) is 3.78. The molecule has 4 atom stereocenters. The summed E-state index contributed by atoms with van der Waals surface area (Å²) in [5.41, 5.74) is -1.83. The van der Waals surface area contributed by atoms with Gasteiger partial charge in [-0.1, -0.05) is 6.07 Å². The van der Waals surface area contributed by atoms with Crippen LogP contribution in [-0.4, -0.2) is 52.7 Å². The number of carbonyl (C=O) groups is 1. The summed E-state index contributed by atoms with van der Waals surface area (Å²) >= 11 is 0. The van der Waals surface area contributed by atoms with Crippen molar-refractivity contribution in [2.24, 2.45) is 0 Å². The van der Waals surface area contributed by atoms with E-state index in [4.69, 9.17) is 14.2 Å². The summed E-state index contributed by atoms with van der Waals surface area (Å²) in [6.45, 7) is 3.33. The number of hydrogen-bond acceptors (Lipinski definition) is 6. The highest BCUT2D eigenvalue weighted by Gasteiger charge is 2.52. The maximum atomic E-state index is 13.9. The smallest absolute Gasteiger partial charge is 0.328 e. The summed E-state index contributed by atoms with van der Waals surface area (Å²) in [5.74, 6) is -3.86. The van der Waals surface area contributed by atoms with Crippen LogP contribution in [0.2, 0.25) is 0 Å². The molecule has 0 bridgehead atoms. The van der Waals surface area contributed by atoms with E-state index in [0.29, 0.717) is 0 Å². The molecule has 2 aliphatic rings. The predicted molar refractivity (Wildman–Crippen MR) is 103 cm³/mol. The van der Waals surface area contributed by atoms with E-state index in [9.17, 15) is 23.2 Å². The van der Waals surface area contributed by atoms with Gasteiger partial charge in [0, 0.05) is 18.8 Å². The normalized spacial score (nSPS) is 27.0. The van der Waals surface area contributed by atoms with Crippen LogP contribution in [0.5, 0.6) is 0 Å². The monoisotopic (exact) mass is 437 g/mol. The van der Waals surface area contributed by atoms with Crippen molar-refractivity contribution < 1.29 is 27.8 Å². The minimum atomic E-state index is -0.993. The second kappa shape index (κ2) is 7.98. The second-order valence-corrected chi connectivity index (χ2v) is 7.83. The van der Waals surface area contributed by atoms with Gasteiger partial charge in [-0.3, -0.25) is 19.1 Å². The van der Waals surface area contributed by atoms with Crippen LogP contribution in [0.4, 0.5) is 8.78 Å². The summed E-state index contributed by atoms with van der Waals surface area (Å²) in [7, 11) is 0. The molecule has 3 heterocycles. The van der Waals surface area contributed by atoms with Gasteiger partial charge in [0.15, 0.2) is 5.79 Å². The largest absolute Gasteiger partial charge is 0.371 e. The Labute approximate surface area is 174 Å². The molecule has 2 aromatic rings. The van der Waals surface area contributed by atoms with Crippen LogP contribution in [-0.2, 0) is 14.2 Å². The number of H-pyrrole nitrogens is 1. The Kier molecular flexibility index (Phi) is 5.50. The lowest BCUT2D eigenvalue weighted by Crippen LogP contribution is -2.54. The van der Waals surface area contributed by atoms with E-state index in [2.05, 4.69) is 10.3 Å². The van der Waals surface area contributed by atoms with Crippen molar-refractivity contribution >= 4 is 5.91 Å². The van der Waals surface area contributed by atoms with E-state index in [1.54, 1.807) is 13.8 Å². The molecule has 1 aromatic heterocycles. The third kappa shape index (κ3) is 4.16. The molecule has 11 heteroatoms. The Morgan fingerprint density at radius 3 is 2.55 bits per heavy atom. The van der Waals surface area contributed by atoms with Gasteiger partial charge in [0.1, 0.15) is 35.5 Å². The quantitative estimate of drug-likeness (QED) is 0.729. The molecule has 1 amide bonds. The maximum Gasteiger partial charge on any atom is 0.328 e. The molecule has 0 radical (unpaired) electrons. The van der Waals surface area contributed by atoms with Crippen molar-refractivity contribution in [1.82, 2.24) is 14.9 Å². The van der Waals surface area contributed by atoms with Gasteiger partial charge < -0.3 is 19.5 Å². The van der Waals surface area contributed by atoms with Crippen LogP contribution in [0.3, 0.4) is 0 Å². The number of aromatic nitrogens is 2. The minimum Gasteiger partial charge on any atom is -0.371 e. The lowest BCUT2D eigenvalue weighted by molar-refractivity contribution is -0.153. The summed E-state index contributed by atoms with van der Waals surface area (Å²) in [6.07, 6.45) is -0.651. The van der Waals surface area contributed by atoms with Crippen LogP contribution in [0.15, 0.2) is 40.1 Å². The number of aromatic amines is 1. The molecular formula is C20H21F2N3O6. The fraction of sp³-hybridized carbons (Fsp3) is 0.450. The van der Waals surface area contributed by atoms with Crippen LogP contribution in [0, 0.1) is 11.6 Å². The van der Waals surface area contributed by atoms with E-state index in [0.717, 1.165) is 12.1 Å². The topological polar surface area (TPSA) is 112 Å². The Hall–Kier alpha value is -2.89. The van der Waals surface area contributed by atoms with Gasteiger partial charge in [-0.15, -0.1) is 0 Å². The number of nitrogens with one attached hydrogen (secondary N) is 2. The number of fused-ring (bicyclic) bond motifs is 1. The number of halogens is 2. The zero-order valence-electron chi connectivity index (χ0n) is 16.8. The first-order valence-corrected chi connectivity index (χ1v) is 9.67. The van der Waals surface area contributed by atoms with E-state index in [-0.39, 0.29) is 13.2 Å². The number of hydrogen-bond donors (Lipinski definition) is 2. The molecule has 0 unspecified atom stereocenters. The second-order valence-electron chi connectivity index (χ2n) is 7.83. The summed E-state index contributed by atoms with van der Waals surface area (Å²) in [4.78, 5) is 38.1. The number of nitrogens with zero attached hydrogens (tertiary/aromatic N) is 1. The predicted octanol–water partition coefficient (Wildman–Crippen LogP) is 0.705. The van der Waals surface area contributed by atoms with Gasteiger partial charge in [-0.25, -0.2) is 13.6 Å². The zero-order chi connectivity index (χ0) is 22.3. The molecule has 9 nitrogen and oxygen atoms in total. The molecule has 2 aliphatic heterocycles. The zero-order valence-corrected chi connectivity index (χ0v) is 16.8. The van der Waals surface area contributed by atoms with Crippen molar-refractivity contribution in [1.29, 1.82) is 0 Å². The molecule has 1 aromatic carbocycles. The third-order valence-electron chi connectivity index (χ3n) is 5.25. The maximum absolute atomic E-state index is 13.9. The average Bonchev–Trinajstić information content (AvgIpc) is 3.01. The fourth-order valence-electron chi connectivity index (χ4n) is 3.91. The van der Waals surface area contributed by atoms with Crippen LogP contribution < -0.4 is 16.6 Å². The number of rotatable bonds is 4. The lowest BCUT2D eigenvalue weighted by atomic mass is 9.97. The lowest BCUT2D eigenvalue weighted by Gasteiger charge is -2.37. The highest BCUT2D eigenvalue weighted by molar-refractivity contribution is 5.94. The van der Waals surface area contributed by atoms with Gasteiger partial charge in [-0.05, 0) is 26.0 Å². The Bertz CT molecular complexity index is 1090. The van der Waals surface area contributed by atoms with Crippen molar-refractivity contribution in [3.63, 3.8) is 0 Å². The molecular weight excluding hydrogens is 416 g/mol. The first-order valence-electron chi connectivity index (χ1n) is 9.67. The average molecular weight is 437 g/mol. The van der Waals surface area contributed by atoms with Crippen LogP contribution >= 0.6 is 0 Å². The fourth-order valence-corrected chi connectivity index (χ4v) is 3.91. The molecule has 0 aliphatic carbocycles. The van der Waals surface area contributed by atoms with Crippen molar-refractivity contribution in [3.8, 4) is 0 Å². The number of benzene rings is 1. The van der Waals surface area contributed by atoms with Gasteiger partial charge >= 0.3 is 5.69 Å². The van der Waals surface area contributed by atoms with Gasteiger partial charge in [0.25, 0.3) is 11.5 Å². The summed E-state index contributed by atoms with van der Waals surface area (Å²) < 4.78 is 46.7. The van der Waals surface area contributed by atoms with Gasteiger partial charge in [0.2, 0.25) is 0 Å². The highest BCUT2D eigenvalue weighted by atomic mass is 19.1. The highest BCUT2D eigenvalue weighted by Crippen LogP contribution is 2.39. The van der Waals surface area contributed by atoms with Crippen molar-refractivity contribution in [2.75, 3.05) is 13.2 Å². The van der Waals surface area contributed by atoms with E-state index in [1.807, 2.05) is 0 Å². The molecule has 31 heavy (non-hydrogen) atoms. The van der Waals surface area contributed by atoms with Gasteiger partial charge in [0.05, 0.1) is 12.6 Å². The van der Waals surface area contributed by atoms with E-state index < -0.39 is 64.5 Å². The standard InChI is InChI=1S/C20H21F2N3O6/c1-20(2)30-16-12(25-7-6-14(26)24-19(25)28)9-29-13(17(16)31-20)8-23-18(27)15-10(21)4-3-5-11(15)22/h3-7,12-13,16-17H,8-9H2,1-2H3,(H,23,27)(H,24,26,28)/t12-,13-,16+,17-/m1/s1. The molecule has 2 N–H and O–H groups in total. The van der Waals surface area contributed by atoms with Crippen molar-refractivity contribution in [3.05, 3.63) is 68.5 Å². The van der Waals surface area contributed by atoms with Gasteiger partial charge in [-0.2, -0.15) is 0 Å². The molecule has 4 rings (SSSR count). The number of carbonyl (C=O) groups excluding carboxylic acids is 1. The first-order chi connectivity index (χ1) is 14.7. The van der Waals surface area contributed by atoms with Crippen LogP contribution in [0.25, 0.3) is 0 Å². The van der Waals surface area contributed by atoms with Crippen molar-refractivity contribution in [2.45, 2.75) is 44.0 Å². The number of ether oxygens (including phenoxy) is 3. The first kappa shape index (κ1) is 21.3. The van der Waals surface area contributed by atoms with E-state index >= 15 is 0 Å². The Balaban J connectivity index is 1.53. The Morgan fingerprint density at radius 2 is 1.87 bits per heavy atom. The molecule has 166 valence electrons. The third-order valence-corrected chi connectivity index (χ3v) is 5.25. The van der Waals surface area contributed by atoms with Crippen LogP contribution in [0.1, 0.15) is 30.2 Å². The SMILES string of the molecule is CC1(C)O[C@@H]2[C@H](O1)[C@@H](CNC(=O)c1c(F)cccc1F)OC[C@H]2n1ccc(=O)[nH]c1=O. The number of amides is 1. The molecule has 0 spiro atoms. The Morgan fingerprint density at radius 1 is 1.19 bits per heavy atom. The van der Waals surface area contributed by atoms with E-state index in [1.165, 1.54) is 22.9 Å². The minimum absolute atomic E-state index is 0.0289. The molecule has 2 fully saturated rings.